The summed E-state index contributed by atoms with van der Waals surface area (Å²) in [6, 6.07) is 9.57. The summed E-state index contributed by atoms with van der Waals surface area (Å²) in [6.45, 7) is 4.46. The number of benzene rings is 1. The molecule has 2 heterocycles. The molecule has 1 amide bonds. The molecule has 0 aliphatic carbocycles. The Morgan fingerprint density at radius 1 is 1.27 bits per heavy atom. The van der Waals surface area contributed by atoms with Gasteiger partial charge >= 0.3 is 5.97 Å². The second-order valence-corrected chi connectivity index (χ2v) is 7.54. The van der Waals surface area contributed by atoms with Crippen LogP contribution in [-0.4, -0.2) is 45.9 Å². The van der Waals surface area contributed by atoms with Gasteiger partial charge in [-0.15, -0.1) is 11.8 Å². The molecule has 6 nitrogen and oxygen atoms in total. The Morgan fingerprint density at radius 3 is 2.62 bits per heavy atom. The Bertz CT molecular complexity index is 771. The number of thioether (sulfide) groups is 1. The minimum absolute atomic E-state index is 0.0218. The van der Waals surface area contributed by atoms with Gasteiger partial charge in [-0.2, -0.15) is 0 Å². The van der Waals surface area contributed by atoms with E-state index in [0.717, 1.165) is 22.6 Å². The average Bonchev–Trinajstić information content (AvgIpc) is 3.21. The normalized spacial score (nSPS) is 19.7. The molecule has 1 fully saturated rings. The van der Waals surface area contributed by atoms with Gasteiger partial charge in [0.1, 0.15) is 5.76 Å². The van der Waals surface area contributed by atoms with Crippen LogP contribution in [0.2, 0.25) is 0 Å². The molecule has 0 spiro atoms. The highest BCUT2D eigenvalue weighted by atomic mass is 32.2. The van der Waals surface area contributed by atoms with E-state index in [4.69, 9.17) is 4.52 Å². The smallest absolute Gasteiger partial charge is 0.308 e. The van der Waals surface area contributed by atoms with Gasteiger partial charge in [0.05, 0.1) is 17.4 Å². The number of hydrogen-bond acceptors (Lipinski definition) is 5. The van der Waals surface area contributed by atoms with E-state index >= 15 is 0 Å². The van der Waals surface area contributed by atoms with Gasteiger partial charge in [0.25, 0.3) is 0 Å². The number of nitrogens with zero attached hydrogens (tertiary/aromatic N) is 2. The molecule has 1 aromatic heterocycles. The standard InChI is InChI=1S/C19H22N2O4S/c1-12-17(13(2)25-20-12)10-26-11-18(22)21-8-15(16(9-21)19(23)24)14-6-4-3-5-7-14/h3-7,15-16H,8-11H2,1-2H3,(H,23,24). The zero-order chi connectivity index (χ0) is 18.7. The number of aromatic nitrogens is 1. The highest BCUT2D eigenvalue weighted by Crippen LogP contribution is 2.33. The van der Waals surface area contributed by atoms with Crippen LogP contribution >= 0.6 is 11.8 Å². The van der Waals surface area contributed by atoms with Crippen molar-refractivity contribution in [1.29, 1.82) is 0 Å². The zero-order valence-corrected chi connectivity index (χ0v) is 15.7. The van der Waals surface area contributed by atoms with Crippen molar-refractivity contribution in [3.8, 4) is 0 Å². The van der Waals surface area contributed by atoms with Gasteiger partial charge in [0.2, 0.25) is 5.91 Å². The van der Waals surface area contributed by atoms with Gasteiger partial charge in [-0.1, -0.05) is 35.5 Å². The lowest BCUT2D eigenvalue weighted by Crippen LogP contribution is -2.31. The third-order valence-corrected chi connectivity index (χ3v) is 5.81. The maximum atomic E-state index is 12.6. The second kappa shape index (κ2) is 7.95. The minimum Gasteiger partial charge on any atom is -0.481 e. The molecule has 1 aliphatic heterocycles. The van der Waals surface area contributed by atoms with Crippen LogP contribution in [0.15, 0.2) is 34.9 Å². The number of aliphatic carboxylic acids is 1. The van der Waals surface area contributed by atoms with Crippen molar-refractivity contribution in [1.82, 2.24) is 10.1 Å². The largest absolute Gasteiger partial charge is 0.481 e. The number of carboxylic acids is 1. The molecule has 1 aliphatic rings. The number of rotatable bonds is 6. The van der Waals surface area contributed by atoms with Crippen LogP contribution in [0.1, 0.15) is 28.5 Å². The summed E-state index contributed by atoms with van der Waals surface area (Å²) in [4.78, 5) is 25.9. The Hall–Kier alpha value is -2.28. The Labute approximate surface area is 156 Å². The van der Waals surface area contributed by atoms with Crippen LogP contribution in [0.25, 0.3) is 0 Å². The number of carbonyl (C=O) groups excluding carboxylic acids is 1. The molecule has 2 aromatic rings. The predicted molar refractivity (Wildman–Crippen MR) is 99.0 cm³/mol. The molecule has 0 bridgehead atoms. The third-order valence-electron chi connectivity index (χ3n) is 4.87. The maximum Gasteiger partial charge on any atom is 0.308 e. The van der Waals surface area contributed by atoms with Gasteiger partial charge in [-0.05, 0) is 19.4 Å². The Morgan fingerprint density at radius 2 is 2.00 bits per heavy atom. The molecule has 1 saturated heterocycles. The van der Waals surface area contributed by atoms with Gasteiger partial charge < -0.3 is 14.5 Å². The number of carboxylic acid groups (broad SMARTS) is 1. The molecule has 138 valence electrons. The summed E-state index contributed by atoms with van der Waals surface area (Å²) in [5.41, 5.74) is 2.84. The van der Waals surface area contributed by atoms with E-state index in [1.807, 2.05) is 44.2 Å². The summed E-state index contributed by atoms with van der Waals surface area (Å²) in [5.74, 6) is 0.158. The van der Waals surface area contributed by atoms with Gasteiger partial charge in [-0.3, -0.25) is 9.59 Å². The highest BCUT2D eigenvalue weighted by molar-refractivity contribution is 7.99. The van der Waals surface area contributed by atoms with Crippen molar-refractivity contribution < 1.29 is 19.2 Å². The quantitative estimate of drug-likeness (QED) is 0.837. The lowest BCUT2D eigenvalue weighted by molar-refractivity contribution is -0.141. The SMILES string of the molecule is Cc1noc(C)c1CSCC(=O)N1CC(C(=O)O)C(c2ccccc2)C1. The molecule has 26 heavy (non-hydrogen) atoms. The highest BCUT2D eigenvalue weighted by Gasteiger charge is 2.40. The maximum absolute atomic E-state index is 12.6. The van der Waals surface area contributed by atoms with Gasteiger partial charge in [0, 0.05) is 30.3 Å². The lowest BCUT2D eigenvalue weighted by Gasteiger charge is -2.16. The van der Waals surface area contributed by atoms with Crippen LogP contribution < -0.4 is 0 Å². The summed E-state index contributed by atoms with van der Waals surface area (Å²) in [5, 5.41) is 13.5. The van der Waals surface area contributed by atoms with Crippen LogP contribution in [0.3, 0.4) is 0 Å². The molecule has 7 heteroatoms. The van der Waals surface area contributed by atoms with E-state index in [0.29, 0.717) is 18.1 Å². The van der Waals surface area contributed by atoms with E-state index in [2.05, 4.69) is 5.16 Å². The fourth-order valence-electron chi connectivity index (χ4n) is 3.34. The molecular formula is C19H22N2O4S. The Kier molecular flexibility index (Phi) is 5.66. The summed E-state index contributed by atoms with van der Waals surface area (Å²) < 4.78 is 5.13. The van der Waals surface area contributed by atoms with E-state index in [1.165, 1.54) is 11.8 Å². The topological polar surface area (TPSA) is 83.6 Å². The summed E-state index contributed by atoms with van der Waals surface area (Å²) >= 11 is 1.50. The molecular weight excluding hydrogens is 352 g/mol. The molecule has 2 atom stereocenters. The van der Waals surface area contributed by atoms with Crippen molar-refractivity contribution in [2.45, 2.75) is 25.5 Å². The zero-order valence-electron chi connectivity index (χ0n) is 14.8. The first-order chi connectivity index (χ1) is 12.5. The van der Waals surface area contributed by atoms with Crippen molar-refractivity contribution >= 4 is 23.6 Å². The van der Waals surface area contributed by atoms with Crippen LogP contribution in [0.4, 0.5) is 0 Å². The summed E-state index contributed by atoms with van der Waals surface area (Å²) in [6.07, 6.45) is 0. The molecule has 1 N–H and O–H groups in total. The van der Waals surface area contributed by atoms with Crippen LogP contribution in [-0.2, 0) is 15.3 Å². The first-order valence-electron chi connectivity index (χ1n) is 8.52. The molecule has 0 radical (unpaired) electrons. The Balaban J connectivity index is 1.60. The average molecular weight is 374 g/mol. The van der Waals surface area contributed by atoms with Crippen molar-refractivity contribution in [3.63, 3.8) is 0 Å². The minimum atomic E-state index is -0.850. The first-order valence-corrected chi connectivity index (χ1v) is 9.68. The lowest BCUT2D eigenvalue weighted by atomic mass is 9.89. The van der Waals surface area contributed by atoms with Crippen molar-refractivity contribution in [2.24, 2.45) is 5.92 Å². The number of amides is 1. The van der Waals surface area contributed by atoms with Gasteiger partial charge in [0.15, 0.2) is 0 Å². The van der Waals surface area contributed by atoms with E-state index in [-0.39, 0.29) is 18.4 Å². The summed E-state index contributed by atoms with van der Waals surface area (Å²) in [7, 11) is 0. The molecule has 2 unspecified atom stereocenters. The number of hydrogen-bond donors (Lipinski definition) is 1. The number of likely N-dealkylation sites (tertiary alicyclic amines) is 1. The number of carbonyl (C=O) groups is 2. The van der Waals surface area contributed by atoms with Crippen LogP contribution in [0.5, 0.6) is 0 Å². The predicted octanol–water partition coefficient (Wildman–Crippen LogP) is 2.85. The second-order valence-electron chi connectivity index (χ2n) is 6.56. The van der Waals surface area contributed by atoms with Crippen molar-refractivity contribution in [3.05, 3.63) is 52.9 Å². The first kappa shape index (κ1) is 18.5. The molecule has 1 aromatic carbocycles. The number of aryl methyl sites for hydroxylation is 2. The van der Waals surface area contributed by atoms with E-state index < -0.39 is 11.9 Å². The van der Waals surface area contributed by atoms with Gasteiger partial charge in [-0.25, -0.2) is 0 Å². The van der Waals surface area contributed by atoms with Crippen molar-refractivity contribution in [2.75, 3.05) is 18.8 Å². The monoisotopic (exact) mass is 374 g/mol. The third kappa shape index (κ3) is 3.93. The fraction of sp³-hybridized carbons (Fsp3) is 0.421. The van der Waals surface area contributed by atoms with E-state index in [1.54, 1.807) is 4.90 Å². The molecule has 0 saturated carbocycles. The molecule has 3 rings (SSSR count). The van der Waals surface area contributed by atoms with E-state index in [9.17, 15) is 14.7 Å². The fourth-order valence-corrected chi connectivity index (χ4v) is 4.41. The van der Waals surface area contributed by atoms with Crippen LogP contribution in [0, 0.1) is 19.8 Å².